The third-order valence-corrected chi connectivity index (χ3v) is 4.66. The summed E-state index contributed by atoms with van der Waals surface area (Å²) in [6.45, 7) is 3.70. The number of carbonyl (C=O) groups excluding carboxylic acids is 1. The van der Waals surface area contributed by atoms with Crippen LogP contribution < -0.4 is 5.32 Å². The molecule has 1 heterocycles. The van der Waals surface area contributed by atoms with Gasteiger partial charge in [0.05, 0.1) is 12.1 Å². The highest BCUT2D eigenvalue weighted by molar-refractivity contribution is 5.90. The Bertz CT molecular complexity index is 975. The highest BCUT2D eigenvalue weighted by atomic mass is 16.4. The van der Waals surface area contributed by atoms with E-state index in [0.717, 1.165) is 11.1 Å². The van der Waals surface area contributed by atoms with E-state index in [1.54, 1.807) is 25.3 Å². The van der Waals surface area contributed by atoms with Gasteiger partial charge in [-0.2, -0.15) is 0 Å². The van der Waals surface area contributed by atoms with Crippen LogP contribution in [0.4, 0.5) is 5.69 Å². The molecule has 1 amide bonds. The van der Waals surface area contributed by atoms with Crippen LogP contribution >= 0.6 is 0 Å². The number of oxazole rings is 1. The van der Waals surface area contributed by atoms with E-state index in [-0.39, 0.29) is 12.3 Å². The van der Waals surface area contributed by atoms with E-state index in [0.29, 0.717) is 30.2 Å². The molecule has 0 aliphatic carbocycles. The Morgan fingerprint density at radius 1 is 1.10 bits per heavy atom. The van der Waals surface area contributed by atoms with Crippen molar-refractivity contribution in [2.75, 3.05) is 5.32 Å². The number of benzene rings is 2. The first-order valence-electron chi connectivity index (χ1n) is 9.54. The molecule has 6 nitrogen and oxygen atoms in total. The Morgan fingerprint density at radius 2 is 1.79 bits per heavy atom. The number of carboxylic acids is 1. The van der Waals surface area contributed by atoms with E-state index in [1.807, 2.05) is 43.3 Å². The normalized spacial score (nSPS) is 11.8. The van der Waals surface area contributed by atoms with Gasteiger partial charge in [-0.25, -0.2) is 4.98 Å². The second-order valence-corrected chi connectivity index (χ2v) is 7.17. The van der Waals surface area contributed by atoms with Crippen LogP contribution in [0.25, 0.3) is 11.3 Å². The third-order valence-electron chi connectivity index (χ3n) is 4.66. The fraction of sp³-hybridized carbons (Fsp3) is 0.261. The smallest absolute Gasteiger partial charge is 0.306 e. The van der Waals surface area contributed by atoms with Gasteiger partial charge in [-0.05, 0) is 31.0 Å². The van der Waals surface area contributed by atoms with Crippen LogP contribution in [0.15, 0.2) is 59.1 Å². The van der Waals surface area contributed by atoms with Gasteiger partial charge in [-0.3, -0.25) is 9.59 Å². The summed E-state index contributed by atoms with van der Waals surface area (Å²) in [6, 6.07) is 15.2. The van der Waals surface area contributed by atoms with Crippen LogP contribution in [0.5, 0.6) is 0 Å². The molecule has 3 rings (SSSR count). The molecule has 1 aromatic heterocycles. The molecule has 0 fully saturated rings. The van der Waals surface area contributed by atoms with Gasteiger partial charge >= 0.3 is 5.97 Å². The molecule has 0 aliphatic rings. The molecular formula is C23H24N2O4. The molecule has 150 valence electrons. The minimum atomic E-state index is -0.820. The van der Waals surface area contributed by atoms with Crippen molar-refractivity contribution in [1.29, 1.82) is 0 Å². The van der Waals surface area contributed by atoms with Gasteiger partial charge in [0.2, 0.25) is 5.91 Å². The molecule has 0 radical (unpaired) electrons. The van der Waals surface area contributed by atoms with Gasteiger partial charge < -0.3 is 14.8 Å². The van der Waals surface area contributed by atoms with Crippen molar-refractivity contribution in [3.63, 3.8) is 0 Å². The summed E-state index contributed by atoms with van der Waals surface area (Å²) in [5, 5.41) is 11.8. The topological polar surface area (TPSA) is 92.4 Å². The molecule has 3 aromatic rings. The minimum absolute atomic E-state index is 0.133. The molecule has 6 heteroatoms. The number of carboxylic acid groups (broad SMARTS) is 1. The predicted molar refractivity (Wildman–Crippen MR) is 111 cm³/mol. The molecule has 0 spiro atoms. The van der Waals surface area contributed by atoms with Gasteiger partial charge in [0.1, 0.15) is 0 Å². The zero-order chi connectivity index (χ0) is 20.8. The average Bonchev–Trinajstić information content (AvgIpc) is 3.17. The summed E-state index contributed by atoms with van der Waals surface area (Å²) in [5.74, 6) is -0.187. The maximum Gasteiger partial charge on any atom is 0.306 e. The lowest BCUT2D eigenvalue weighted by molar-refractivity contribution is -0.141. The van der Waals surface area contributed by atoms with Crippen LogP contribution in [0.1, 0.15) is 30.4 Å². The van der Waals surface area contributed by atoms with Crippen molar-refractivity contribution in [2.45, 2.75) is 33.1 Å². The second kappa shape index (κ2) is 9.19. The number of carbonyl (C=O) groups is 2. The number of aromatic nitrogens is 1. The van der Waals surface area contributed by atoms with Crippen LogP contribution in [0.3, 0.4) is 0 Å². The predicted octanol–water partition coefficient (Wildman–Crippen LogP) is 4.48. The number of aryl methyl sites for hydroxylation is 2. The quantitative estimate of drug-likeness (QED) is 0.589. The highest BCUT2D eigenvalue weighted by Gasteiger charge is 2.12. The molecule has 1 atom stereocenters. The summed E-state index contributed by atoms with van der Waals surface area (Å²) in [6.07, 6.45) is 2.79. The molecule has 2 N–H and O–H groups in total. The molecule has 29 heavy (non-hydrogen) atoms. The van der Waals surface area contributed by atoms with Crippen molar-refractivity contribution in [1.82, 2.24) is 4.98 Å². The summed E-state index contributed by atoms with van der Waals surface area (Å²) in [4.78, 5) is 27.4. The summed E-state index contributed by atoms with van der Waals surface area (Å²) >= 11 is 0. The van der Waals surface area contributed by atoms with Crippen molar-refractivity contribution in [2.24, 2.45) is 5.92 Å². The van der Waals surface area contributed by atoms with Gasteiger partial charge in [-0.15, -0.1) is 0 Å². The first-order valence-corrected chi connectivity index (χ1v) is 9.54. The average molecular weight is 392 g/mol. The van der Waals surface area contributed by atoms with E-state index in [2.05, 4.69) is 10.3 Å². The molecule has 0 aliphatic heterocycles. The molecular weight excluding hydrogens is 368 g/mol. The molecule has 2 aromatic carbocycles. The fourth-order valence-electron chi connectivity index (χ4n) is 2.89. The zero-order valence-corrected chi connectivity index (χ0v) is 16.5. The maximum absolute atomic E-state index is 12.2. The maximum atomic E-state index is 12.2. The summed E-state index contributed by atoms with van der Waals surface area (Å²) in [5.41, 5.74) is 3.72. The second-order valence-electron chi connectivity index (χ2n) is 7.17. The summed E-state index contributed by atoms with van der Waals surface area (Å²) in [7, 11) is 0. The number of amides is 1. The highest BCUT2D eigenvalue weighted by Crippen LogP contribution is 2.21. The van der Waals surface area contributed by atoms with E-state index in [1.165, 1.54) is 5.56 Å². The Kier molecular flexibility index (Phi) is 6.44. The standard InChI is InChI=1S/C23H24N2O4/c1-15-3-7-18(8-4-15)20-14-24-22(29-20)12-11-21(26)25-19-9-5-17(6-10-19)13-16(2)23(27)28/h3-10,14,16H,11-13H2,1-2H3,(H,25,26)(H,27,28). The number of aliphatic carboxylic acids is 1. The third kappa shape index (κ3) is 5.78. The monoisotopic (exact) mass is 392 g/mol. The lowest BCUT2D eigenvalue weighted by Gasteiger charge is -2.08. The lowest BCUT2D eigenvalue weighted by Crippen LogP contribution is -2.13. The first kappa shape index (κ1) is 20.3. The van der Waals surface area contributed by atoms with Gasteiger partial charge in [0, 0.05) is 24.1 Å². The van der Waals surface area contributed by atoms with Gasteiger partial charge in [0.25, 0.3) is 0 Å². The van der Waals surface area contributed by atoms with E-state index >= 15 is 0 Å². The SMILES string of the molecule is Cc1ccc(-c2cnc(CCC(=O)Nc3ccc(CC(C)C(=O)O)cc3)o2)cc1. The van der Waals surface area contributed by atoms with Crippen LogP contribution in [-0.4, -0.2) is 22.0 Å². The van der Waals surface area contributed by atoms with Crippen LogP contribution in [0.2, 0.25) is 0 Å². The molecule has 0 saturated carbocycles. The largest absolute Gasteiger partial charge is 0.481 e. The molecule has 1 unspecified atom stereocenters. The van der Waals surface area contributed by atoms with Crippen molar-refractivity contribution in [3.8, 4) is 11.3 Å². The molecule has 0 bridgehead atoms. The van der Waals surface area contributed by atoms with Crippen molar-refractivity contribution < 1.29 is 19.1 Å². The number of nitrogens with one attached hydrogen (secondary N) is 1. The van der Waals surface area contributed by atoms with E-state index < -0.39 is 11.9 Å². The van der Waals surface area contributed by atoms with E-state index in [4.69, 9.17) is 9.52 Å². The molecule has 0 saturated heterocycles. The van der Waals surface area contributed by atoms with Gasteiger partial charge in [-0.1, -0.05) is 48.9 Å². The number of rotatable bonds is 8. The minimum Gasteiger partial charge on any atom is -0.481 e. The first-order chi connectivity index (χ1) is 13.9. The lowest BCUT2D eigenvalue weighted by atomic mass is 10.0. The van der Waals surface area contributed by atoms with Gasteiger partial charge in [0.15, 0.2) is 11.7 Å². The summed E-state index contributed by atoms with van der Waals surface area (Å²) < 4.78 is 5.74. The number of hydrogen-bond acceptors (Lipinski definition) is 4. The van der Waals surface area contributed by atoms with Crippen LogP contribution in [-0.2, 0) is 22.4 Å². The fourth-order valence-corrected chi connectivity index (χ4v) is 2.89. The Labute approximate surface area is 169 Å². The number of anilines is 1. The Hall–Kier alpha value is -3.41. The van der Waals surface area contributed by atoms with Crippen LogP contribution in [0, 0.1) is 12.8 Å². The zero-order valence-electron chi connectivity index (χ0n) is 16.5. The van der Waals surface area contributed by atoms with Crippen molar-refractivity contribution in [3.05, 3.63) is 71.7 Å². The Balaban J connectivity index is 1.50. The van der Waals surface area contributed by atoms with E-state index in [9.17, 15) is 9.59 Å². The number of nitrogens with zero attached hydrogens (tertiary/aromatic N) is 1. The number of hydrogen-bond donors (Lipinski definition) is 2. The Morgan fingerprint density at radius 3 is 2.45 bits per heavy atom. The van der Waals surface area contributed by atoms with Crippen molar-refractivity contribution >= 4 is 17.6 Å².